The van der Waals surface area contributed by atoms with Crippen molar-refractivity contribution in [3.63, 3.8) is 0 Å². The number of esters is 1. The van der Waals surface area contributed by atoms with Gasteiger partial charge in [-0.25, -0.2) is 0 Å². The number of ether oxygens (including phenoxy) is 2. The van der Waals surface area contributed by atoms with E-state index in [1.165, 1.54) is 13.2 Å². The summed E-state index contributed by atoms with van der Waals surface area (Å²) in [5.41, 5.74) is -0.171. The molecule has 0 bridgehead atoms. The highest BCUT2D eigenvalue weighted by atomic mass is 16.6. The van der Waals surface area contributed by atoms with E-state index in [1.807, 2.05) is 0 Å². The van der Waals surface area contributed by atoms with Gasteiger partial charge < -0.3 is 19.7 Å². The van der Waals surface area contributed by atoms with Crippen LogP contribution in [0.2, 0.25) is 0 Å². The van der Waals surface area contributed by atoms with Gasteiger partial charge in [-0.3, -0.25) is 14.9 Å². The average molecular weight is 325 g/mol. The van der Waals surface area contributed by atoms with Crippen LogP contribution in [-0.2, 0) is 20.9 Å². The van der Waals surface area contributed by atoms with Crippen molar-refractivity contribution < 1.29 is 29.3 Å². The van der Waals surface area contributed by atoms with E-state index < -0.39 is 23.6 Å². The summed E-state index contributed by atoms with van der Waals surface area (Å²) in [5, 5.41) is 21.8. The van der Waals surface area contributed by atoms with E-state index in [1.54, 1.807) is 32.9 Å². The molecule has 0 heterocycles. The average Bonchev–Trinajstić information content (AvgIpc) is 2.42. The summed E-state index contributed by atoms with van der Waals surface area (Å²) in [6, 6.07) is 3.60. The molecule has 0 aliphatic rings. The van der Waals surface area contributed by atoms with Crippen LogP contribution in [-0.4, -0.2) is 40.9 Å². The number of carbonyl (C=O) groups excluding carboxylic acids is 1. The van der Waals surface area contributed by atoms with Crippen LogP contribution in [0.25, 0.3) is 0 Å². The lowest BCUT2D eigenvalue weighted by Gasteiger charge is -2.21. The molecule has 0 spiro atoms. The lowest BCUT2D eigenvalue weighted by atomic mass is 10.1. The molecule has 0 saturated heterocycles. The molecule has 128 valence electrons. The van der Waals surface area contributed by atoms with Gasteiger partial charge in [0.1, 0.15) is 23.1 Å². The van der Waals surface area contributed by atoms with Gasteiger partial charge in [-0.2, -0.15) is 0 Å². The molecule has 1 aromatic carbocycles. The Kier molecular flexibility index (Phi) is 6.38. The van der Waals surface area contributed by atoms with Gasteiger partial charge in [0.05, 0.1) is 13.5 Å². The molecule has 0 amide bonds. The maximum atomic E-state index is 11.7. The Balaban J connectivity index is 2.67. The lowest BCUT2D eigenvalue weighted by molar-refractivity contribution is -0.158. The number of rotatable bonds is 7. The number of benzene rings is 1. The first kappa shape index (κ1) is 18.8. The van der Waals surface area contributed by atoms with Crippen molar-refractivity contribution in [3.8, 4) is 11.5 Å². The molecule has 23 heavy (non-hydrogen) atoms. The Bertz CT molecular complexity index is 564. The number of phenols is 1. The number of carbonyl (C=O) groups is 2. The van der Waals surface area contributed by atoms with Crippen molar-refractivity contribution in [1.29, 1.82) is 0 Å². The zero-order valence-corrected chi connectivity index (χ0v) is 13.8. The minimum Gasteiger partial charge on any atom is -0.507 e. The number of hydrogen-bond acceptors (Lipinski definition) is 6. The highest BCUT2D eigenvalue weighted by molar-refractivity contribution is 5.81. The molecule has 0 fully saturated rings. The molecule has 1 aromatic rings. The normalized spacial score (nSPS) is 12.5. The second kappa shape index (κ2) is 7.82. The van der Waals surface area contributed by atoms with E-state index in [4.69, 9.17) is 9.47 Å². The first-order valence-corrected chi connectivity index (χ1v) is 7.16. The zero-order valence-electron chi connectivity index (χ0n) is 13.8. The van der Waals surface area contributed by atoms with Crippen molar-refractivity contribution in [1.82, 2.24) is 5.32 Å². The van der Waals surface area contributed by atoms with Crippen LogP contribution in [0.5, 0.6) is 11.5 Å². The highest BCUT2D eigenvalue weighted by Crippen LogP contribution is 2.23. The summed E-state index contributed by atoms with van der Waals surface area (Å²) in [6.45, 7) is 5.23. The van der Waals surface area contributed by atoms with Crippen LogP contribution >= 0.6 is 0 Å². The van der Waals surface area contributed by atoms with E-state index in [0.717, 1.165) is 0 Å². The van der Waals surface area contributed by atoms with Crippen LogP contribution in [0, 0.1) is 0 Å². The quantitative estimate of drug-likeness (QED) is 0.655. The van der Waals surface area contributed by atoms with Crippen molar-refractivity contribution >= 4 is 11.9 Å². The Morgan fingerprint density at radius 2 is 1.96 bits per heavy atom. The fourth-order valence-electron chi connectivity index (χ4n) is 1.85. The number of methoxy groups -OCH3 is 1. The Morgan fingerprint density at radius 3 is 2.43 bits per heavy atom. The number of carboxylic acid groups (broad SMARTS) is 1. The third kappa shape index (κ3) is 6.56. The minimum atomic E-state index is -1.16. The van der Waals surface area contributed by atoms with Crippen LogP contribution in [0.15, 0.2) is 18.2 Å². The van der Waals surface area contributed by atoms with E-state index in [9.17, 15) is 19.8 Å². The predicted molar refractivity (Wildman–Crippen MR) is 83.4 cm³/mol. The fourth-order valence-corrected chi connectivity index (χ4v) is 1.85. The first-order valence-electron chi connectivity index (χ1n) is 7.16. The van der Waals surface area contributed by atoms with Crippen molar-refractivity contribution in [2.24, 2.45) is 0 Å². The molecule has 3 N–H and O–H groups in total. The molecular formula is C16H23NO6. The van der Waals surface area contributed by atoms with E-state index >= 15 is 0 Å². The SMILES string of the molecule is COc1ccc(CN[C@@H](CC(=O)OC(C)(C)C)C(=O)O)c(O)c1. The van der Waals surface area contributed by atoms with Gasteiger partial charge in [0, 0.05) is 18.2 Å². The summed E-state index contributed by atoms with van der Waals surface area (Å²) >= 11 is 0. The van der Waals surface area contributed by atoms with Gasteiger partial charge in [0.2, 0.25) is 0 Å². The molecule has 0 saturated carbocycles. The monoisotopic (exact) mass is 325 g/mol. The van der Waals surface area contributed by atoms with E-state index in [2.05, 4.69) is 5.32 Å². The van der Waals surface area contributed by atoms with Gasteiger partial charge in [-0.1, -0.05) is 6.07 Å². The minimum absolute atomic E-state index is 0.0155. The molecule has 0 aliphatic heterocycles. The smallest absolute Gasteiger partial charge is 0.321 e. The Labute approximate surface area is 135 Å². The summed E-state index contributed by atoms with van der Waals surface area (Å²) in [4.78, 5) is 23.0. The molecule has 0 aliphatic carbocycles. The first-order chi connectivity index (χ1) is 10.6. The van der Waals surface area contributed by atoms with Gasteiger partial charge in [-0.15, -0.1) is 0 Å². The number of nitrogens with one attached hydrogen (secondary N) is 1. The fraction of sp³-hybridized carbons (Fsp3) is 0.500. The topological polar surface area (TPSA) is 105 Å². The molecular weight excluding hydrogens is 302 g/mol. The summed E-state index contributed by atoms with van der Waals surface area (Å²) in [7, 11) is 1.48. The molecule has 1 atom stereocenters. The summed E-state index contributed by atoms with van der Waals surface area (Å²) in [6.07, 6.45) is -0.302. The summed E-state index contributed by atoms with van der Waals surface area (Å²) in [5.74, 6) is -1.28. The Hall–Kier alpha value is -2.28. The van der Waals surface area contributed by atoms with Crippen LogP contribution in [0.1, 0.15) is 32.8 Å². The molecule has 1 rings (SSSR count). The Morgan fingerprint density at radius 1 is 1.30 bits per heavy atom. The number of hydrogen-bond donors (Lipinski definition) is 3. The molecule has 0 aromatic heterocycles. The van der Waals surface area contributed by atoms with Gasteiger partial charge >= 0.3 is 11.9 Å². The number of aliphatic carboxylic acids is 1. The molecule has 0 radical (unpaired) electrons. The standard InChI is InChI=1S/C16H23NO6/c1-16(2,3)23-14(19)8-12(15(20)21)17-9-10-5-6-11(22-4)7-13(10)18/h5-7,12,17-18H,8-9H2,1-4H3,(H,20,21)/t12-/m0/s1. The molecule has 0 unspecified atom stereocenters. The van der Waals surface area contributed by atoms with Crippen molar-refractivity contribution in [3.05, 3.63) is 23.8 Å². The largest absolute Gasteiger partial charge is 0.507 e. The van der Waals surface area contributed by atoms with Crippen molar-refractivity contribution in [2.75, 3.05) is 7.11 Å². The van der Waals surface area contributed by atoms with Gasteiger partial charge in [0.25, 0.3) is 0 Å². The van der Waals surface area contributed by atoms with Crippen molar-refractivity contribution in [2.45, 2.75) is 45.4 Å². The van der Waals surface area contributed by atoms with Gasteiger partial charge in [-0.05, 0) is 26.8 Å². The number of aromatic hydroxyl groups is 1. The van der Waals surface area contributed by atoms with E-state index in [0.29, 0.717) is 11.3 Å². The number of carboxylic acids is 1. The summed E-state index contributed by atoms with van der Waals surface area (Å²) < 4.78 is 10.1. The third-order valence-corrected chi connectivity index (χ3v) is 2.92. The van der Waals surface area contributed by atoms with Crippen LogP contribution < -0.4 is 10.1 Å². The van der Waals surface area contributed by atoms with Gasteiger partial charge in [0.15, 0.2) is 0 Å². The van der Waals surface area contributed by atoms with Crippen LogP contribution in [0.3, 0.4) is 0 Å². The molecule has 7 nitrogen and oxygen atoms in total. The van der Waals surface area contributed by atoms with E-state index in [-0.39, 0.29) is 18.7 Å². The maximum absolute atomic E-state index is 11.7. The second-order valence-electron chi connectivity index (χ2n) is 6.06. The highest BCUT2D eigenvalue weighted by Gasteiger charge is 2.25. The zero-order chi connectivity index (χ0) is 17.6. The lowest BCUT2D eigenvalue weighted by Crippen LogP contribution is -2.39. The third-order valence-electron chi connectivity index (χ3n) is 2.92. The molecule has 7 heteroatoms. The van der Waals surface area contributed by atoms with Crippen LogP contribution in [0.4, 0.5) is 0 Å². The number of phenolic OH excluding ortho intramolecular Hbond substituents is 1. The maximum Gasteiger partial charge on any atom is 0.321 e. The second-order valence-corrected chi connectivity index (χ2v) is 6.06. The predicted octanol–water partition coefficient (Wildman–Crippen LogP) is 1.68.